The highest BCUT2D eigenvalue weighted by atomic mass is 35.5. The van der Waals surface area contributed by atoms with Gasteiger partial charge in [0.05, 0.1) is 17.2 Å². The molecule has 0 N–H and O–H groups in total. The smallest absolute Gasteiger partial charge is 0.270 e. The molecule has 0 radical (unpaired) electrons. The largest absolute Gasteiger partial charge is 0.494 e. The maximum Gasteiger partial charge on any atom is 0.270 e. The average Bonchev–Trinajstić information content (AvgIpc) is 2.76. The summed E-state index contributed by atoms with van der Waals surface area (Å²) in [5.74, 6) is 0.160. The van der Waals surface area contributed by atoms with Crippen molar-refractivity contribution >= 4 is 33.2 Å². The number of rotatable bonds is 8. The molecule has 0 aliphatic heterocycles. The van der Waals surface area contributed by atoms with Gasteiger partial charge in [0.1, 0.15) is 5.75 Å². The summed E-state index contributed by atoms with van der Waals surface area (Å²) >= 11 is 6.18. The first-order chi connectivity index (χ1) is 15.2. The van der Waals surface area contributed by atoms with Crippen LogP contribution in [0, 0.1) is 20.8 Å². The number of hydrogen-bond donors (Lipinski definition) is 0. The van der Waals surface area contributed by atoms with Gasteiger partial charge in [0.2, 0.25) is 5.91 Å². The summed E-state index contributed by atoms with van der Waals surface area (Å²) in [7, 11) is -4.05. The second-order valence-electron chi connectivity index (χ2n) is 7.63. The molecule has 0 unspecified atom stereocenters. The molecule has 168 valence electrons. The Balaban J connectivity index is 1.74. The summed E-state index contributed by atoms with van der Waals surface area (Å²) in [6.07, 6.45) is 0.387. The van der Waals surface area contributed by atoms with Gasteiger partial charge in [-0.15, -0.1) is 0 Å². The van der Waals surface area contributed by atoms with E-state index in [9.17, 15) is 13.2 Å². The van der Waals surface area contributed by atoms with Crippen molar-refractivity contribution in [3.8, 4) is 5.75 Å². The number of para-hydroxylation sites is 1. The van der Waals surface area contributed by atoms with E-state index in [2.05, 4.69) is 0 Å². The number of nitrogens with zero attached hydrogens (tertiary/aromatic N) is 1. The lowest BCUT2D eigenvalue weighted by Gasteiger charge is -2.23. The van der Waals surface area contributed by atoms with Crippen LogP contribution in [0.25, 0.3) is 0 Å². The number of benzene rings is 3. The van der Waals surface area contributed by atoms with E-state index in [1.807, 2.05) is 32.9 Å². The van der Waals surface area contributed by atoms with Crippen molar-refractivity contribution in [1.29, 1.82) is 0 Å². The van der Waals surface area contributed by atoms with Gasteiger partial charge in [0.25, 0.3) is 10.0 Å². The lowest BCUT2D eigenvalue weighted by atomic mass is 10.1. The summed E-state index contributed by atoms with van der Waals surface area (Å²) in [5, 5.41) is 0.701. The maximum atomic E-state index is 13.3. The van der Waals surface area contributed by atoms with Crippen molar-refractivity contribution in [3.05, 3.63) is 88.4 Å². The number of amides is 1. The molecule has 7 heteroatoms. The van der Waals surface area contributed by atoms with Crippen LogP contribution in [-0.2, 0) is 14.8 Å². The molecule has 0 heterocycles. The third kappa shape index (κ3) is 5.50. The standard InChI is InChI=1S/C25H26ClNO4S/c1-18-11-13-23(14-12-18)32(29,30)27(21-8-5-4-6-9-21)24(28)10-7-15-31-22-16-19(2)25(26)20(3)17-22/h4-6,8-9,11-14,16-17H,7,10,15H2,1-3H3. The van der Waals surface area contributed by atoms with Gasteiger partial charge in [0, 0.05) is 11.4 Å². The highest BCUT2D eigenvalue weighted by Crippen LogP contribution is 2.27. The fourth-order valence-corrected chi connectivity index (χ4v) is 4.86. The lowest BCUT2D eigenvalue weighted by Crippen LogP contribution is -2.37. The molecule has 3 aromatic rings. The first-order valence-corrected chi connectivity index (χ1v) is 12.1. The van der Waals surface area contributed by atoms with Crippen molar-refractivity contribution < 1.29 is 17.9 Å². The molecule has 32 heavy (non-hydrogen) atoms. The predicted molar refractivity (Wildman–Crippen MR) is 128 cm³/mol. The highest BCUT2D eigenvalue weighted by molar-refractivity contribution is 7.93. The summed E-state index contributed by atoms with van der Waals surface area (Å²) < 4.78 is 33.3. The number of hydrogen-bond acceptors (Lipinski definition) is 4. The molecule has 0 bridgehead atoms. The van der Waals surface area contributed by atoms with Crippen molar-refractivity contribution in [2.24, 2.45) is 0 Å². The molecule has 5 nitrogen and oxygen atoms in total. The first kappa shape index (κ1) is 23.8. The Morgan fingerprint density at radius 3 is 2.12 bits per heavy atom. The van der Waals surface area contributed by atoms with Gasteiger partial charge < -0.3 is 4.74 Å². The number of anilines is 1. The Hall–Kier alpha value is -2.83. The SMILES string of the molecule is Cc1ccc(S(=O)(=O)N(C(=O)CCCOc2cc(C)c(Cl)c(C)c2)c2ccccc2)cc1. The lowest BCUT2D eigenvalue weighted by molar-refractivity contribution is -0.117. The predicted octanol–water partition coefficient (Wildman–Crippen LogP) is 5.85. The van der Waals surface area contributed by atoms with Crippen LogP contribution in [0.1, 0.15) is 29.5 Å². The molecule has 0 saturated heterocycles. The van der Waals surface area contributed by atoms with Gasteiger partial charge in [-0.05, 0) is 74.7 Å². The Morgan fingerprint density at radius 2 is 1.53 bits per heavy atom. The van der Waals surface area contributed by atoms with Crippen LogP contribution >= 0.6 is 11.6 Å². The van der Waals surface area contributed by atoms with E-state index in [0.717, 1.165) is 21.0 Å². The van der Waals surface area contributed by atoms with Crippen molar-refractivity contribution in [2.75, 3.05) is 10.9 Å². The zero-order valence-electron chi connectivity index (χ0n) is 18.3. The number of ether oxygens (including phenoxy) is 1. The summed E-state index contributed by atoms with van der Waals surface area (Å²) in [4.78, 5) is 13.1. The second-order valence-corrected chi connectivity index (χ2v) is 9.80. The van der Waals surface area contributed by atoms with Gasteiger partial charge >= 0.3 is 0 Å². The van der Waals surface area contributed by atoms with Crippen LogP contribution in [0.15, 0.2) is 71.6 Å². The third-order valence-electron chi connectivity index (χ3n) is 4.99. The maximum absolute atomic E-state index is 13.3. The molecule has 3 aromatic carbocycles. The van der Waals surface area contributed by atoms with Crippen LogP contribution in [0.4, 0.5) is 5.69 Å². The summed E-state index contributed by atoms with van der Waals surface area (Å²) in [6, 6.07) is 18.5. The van der Waals surface area contributed by atoms with E-state index in [-0.39, 0.29) is 17.9 Å². The quantitative estimate of drug-likeness (QED) is 0.387. The number of sulfonamides is 1. The molecule has 0 aliphatic rings. The molecule has 3 rings (SSSR count). The number of carbonyl (C=O) groups excluding carboxylic acids is 1. The molecule has 0 saturated carbocycles. The minimum atomic E-state index is -4.05. The van der Waals surface area contributed by atoms with E-state index in [1.165, 1.54) is 12.1 Å². The van der Waals surface area contributed by atoms with Crippen molar-refractivity contribution in [2.45, 2.75) is 38.5 Å². The van der Waals surface area contributed by atoms with Crippen molar-refractivity contribution in [1.82, 2.24) is 0 Å². The number of halogens is 1. The van der Waals surface area contributed by atoms with E-state index >= 15 is 0 Å². The Morgan fingerprint density at radius 1 is 0.938 bits per heavy atom. The van der Waals surface area contributed by atoms with E-state index in [0.29, 0.717) is 22.9 Å². The minimum absolute atomic E-state index is 0.0194. The van der Waals surface area contributed by atoms with Gasteiger partial charge in [-0.1, -0.05) is 47.5 Å². The zero-order valence-corrected chi connectivity index (χ0v) is 19.9. The van der Waals surface area contributed by atoms with Gasteiger partial charge in [0.15, 0.2) is 0 Å². The first-order valence-electron chi connectivity index (χ1n) is 10.3. The summed E-state index contributed by atoms with van der Waals surface area (Å²) in [5.41, 5.74) is 3.07. The normalized spacial score (nSPS) is 11.2. The topological polar surface area (TPSA) is 63.7 Å². The van der Waals surface area contributed by atoms with E-state index in [1.54, 1.807) is 42.5 Å². The minimum Gasteiger partial charge on any atom is -0.494 e. The van der Waals surface area contributed by atoms with Crippen LogP contribution in [0.5, 0.6) is 5.75 Å². The molecule has 0 aliphatic carbocycles. The third-order valence-corrected chi connectivity index (χ3v) is 7.35. The van der Waals surface area contributed by atoms with E-state index < -0.39 is 15.9 Å². The van der Waals surface area contributed by atoms with Crippen molar-refractivity contribution in [3.63, 3.8) is 0 Å². The van der Waals surface area contributed by atoms with Gasteiger partial charge in [-0.3, -0.25) is 4.79 Å². The molecular weight excluding hydrogens is 446 g/mol. The van der Waals surface area contributed by atoms with Gasteiger partial charge in [-0.25, -0.2) is 12.7 Å². The van der Waals surface area contributed by atoms with Crippen LogP contribution in [-0.4, -0.2) is 20.9 Å². The highest BCUT2D eigenvalue weighted by Gasteiger charge is 2.30. The second kappa shape index (κ2) is 10.2. The number of aryl methyl sites for hydroxylation is 3. The average molecular weight is 472 g/mol. The fraction of sp³-hybridized carbons (Fsp3) is 0.240. The zero-order chi connectivity index (χ0) is 23.3. The fourth-order valence-electron chi connectivity index (χ4n) is 3.30. The van der Waals surface area contributed by atoms with Gasteiger partial charge in [-0.2, -0.15) is 0 Å². The Labute approximate surface area is 194 Å². The monoisotopic (exact) mass is 471 g/mol. The van der Waals surface area contributed by atoms with Crippen LogP contribution in [0.2, 0.25) is 5.02 Å². The Kier molecular flexibility index (Phi) is 7.59. The molecule has 0 spiro atoms. The molecule has 0 aromatic heterocycles. The molecule has 1 amide bonds. The Bertz CT molecular complexity index is 1170. The summed E-state index contributed by atoms with van der Waals surface area (Å²) in [6.45, 7) is 5.96. The van der Waals surface area contributed by atoms with Crippen LogP contribution in [0.3, 0.4) is 0 Å². The number of carbonyl (C=O) groups is 1. The van der Waals surface area contributed by atoms with E-state index in [4.69, 9.17) is 16.3 Å². The molecule has 0 fully saturated rings. The molecular formula is C25H26ClNO4S. The molecule has 0 atom stereocenters. The van der Waals surface area contributed by atoms with Crippen LogP contribution < -0.4 is 9.04 Å².